The van der Waals surface area contributed by atoms with Gasteiger partial charge in [-0.05, 0) is 44.1 Å². The quantitative estimate of drug-likeness (QED) is 0.788. The lowest BCUT2D eigenvalue weighted by atomic mass is 10.1. The predicted octanol–water partition coefficient (Wildman–Crippen LogP) is 2.22. The van der Waals surface area contributed by atoms with E-state index in [0.717, 1.165) is 24.9 Å². The highest BCUT2D eigenvalue weighted by molar-refractivity contribution is 5.85. The molecule has 2 unspecified atom stereocenters. The first kappa shape index (κ1) is 15.9. The van der Waals surface area contributed by atoms with E-state index < -0.39 is 0 Å². The molecule has 2 N–H and O–H groups in total. The number of amides is 1. The van der Waals surface area contributed by atoms with Crippen LogP contribution < -0.4 is 10.6 Å². The first-order valence-electron chi connectivity index (χ1n) is 6.40. The monoisotopic (exact) mass is 286 g/mol. The number of carbonyl (C=O) groups excluding carboxylic acids is 1. The summed E-state index contributed by atoms with van der Waals surface area (Å²) in [7, 11) is 1.87. The Kier molecular flexibility index (Phi) is 6.25. The van der Waals surface area contributed by atoms with Crippen molar-refractivity contribution in [1.29, 1.82) is 0 Å². The number of hydrogen-bond acceptors (Lipinski definition) is 2. The van der Waals surface area contributed by atoms with Gasteiger partial charge >= 0.3 is 0 Å². The van der Waals surface area contributed by atoms with Gasteiger partial charge in [-0.2, -0.15) is 0 Å². The third kappa shape index (κ3) is 4.80. The average molecular weight is 287 g/mol. The van der Waals surface area contributed by atoms with E-state index >= 15 is 0 Å². The van der Waals surface area contributed by atoms with Crippen molar-refractivity contribution in [2.45, 2.75) is 31.2 Å². The molecule has 1 aliphatic rings. The largest absolute Gasteiger partial charge is 0.353 e. The molecule has 5 heteroatoms. The topological polar surface area (TPSA) is 41.1 Å². The summed E-state index contributed by atoms with van der Waals surface area (Å²) >= 11 is 0. The summed E-state index contributed by atoms with van der Waals surface area (Å²) in [5.41, 5.74) is 0.982. The molecule has 0 saturated heterocycles. The second-order valence-electron chi connectivity index (χ2n) is 4.78. The zero-order valence-electron chi connectivity index (χ0n) is 11.0. The van der Waals surface area contributed by atoms with Crippen LogP contribution in [0.5, 0.6) is 0 Å². The molecule has 1 aliphatic carbocycles. The van der Waals surface area contributed by atoms with Crippen LogP contribution in [0, 0.1) is 5.82 Å². The van der Waals surface area contributed by atoms with Crippen LogP contribution in [0.1, 0.15) is 30.7 Å². The van der Waals surface area contributed by atoms with E-state index in [0.29, 0.717) is 6.42 Å². The maximum atomic E-state index is 13.1. The van der Waals surface area contributed by atoms with Gasteiger partial charge in [0.1, 0.15) is 5.82 Å². The van der Waals surface area contributed by atoms with E-state index in [1.807, 2.05) is 13.1 Å². The Bertz CT molecular complexity index is 428. The van der Waals surface area contributed by atoms with Crippen molar-refractivity contribution >= 4 is 18.3 Å². The van der Waals surface area contributed by atoms with E-state index in [2.05, 4.69) is 10.6 Å². The Balaban J connectivity index is 0.00000180. The maximum absolute atomic E-state index is 13.1. The highest BCUT2D eigenvalue weighted by Gasteiger charge is 2.39. The van der Waals surface area contributed by atoms with Gasteiger partial charge in [-0.25, -0.2) is 4.39 Å². The Morgan fingerprint density at radius 2 is 2.26 bits per heavy atom. The van der Waals surface area contributed by atoms with Crippen LogP contribution in [-0.4, -0.2) is 25.5 Å². The molecule has 19 heavy (non-hydrogen) atoms. The number of carbonyl (C=O) groups is 1. The van der Waals surface area contributed by atoms with Gasteiger partial charge in [0, 0.05) is 18.4 Å². The molecule has 3 nitrogen and oxygen atoms in total. The molecule has 0 aliphatic heterocycles. The summed E-state index contributed by atoms with van der Waals surface area (Å²) in [4.78, 5) is 11.6. The number of hydrogen-bond donors (Lipinski definition) is 2. The molecule has 1 amide bonds. The van der Waals surface area contributed by atoms with Crippen molar-refractivity contribution in [3.05, 3.63) is 35.6 Å². The molecule has 0 aromatic heterocycles. The summed E-state index contributed by atoms with van der Waals surface area (Å²) in [6.45, 7) is 0.853. The predicted molar refractivity (Wildman–Crippen MR) is 76.1 cm³/mol. The van der Waals surface area contributed by atoms with E-state index in [1.54, 1.807) is 12.1 Å². The summed E-state index contributed by atoms with van der Waals surface area (Å²) in [5.74, 6) is 0.168. The minimum Gasteiger partial charge on any atom is -0.353 e. The molecule has 1 saturated carbocycles. The van der Waals surface area contributed by atoms with E-state index in [-0.39, 0.29) is 36.1 Å². The first-order valence-corrected chi connectivity index (χ1v) is 6.40. The average Bonchev–Trinajstić information content (AvgIpc) is 3.08. The van der Waals surface area contributed by atoms with Crippen LogP contribution in [0.25, 0.3) is 0 Å². The molecule has 1 fully saturated rings. The lowest BCUT2D eigenvalue weighted by Crippen LogP contribution is -2.27. The smallest absolute Gasteiger partial charge is 0.220 e. The Hall–Kier alpha value is -1.13. The van der Waals surface area contributed by atoms with Gasteiger partial charge in [-0.1, -0.05) is 12.1 Å². The van der Waals surface area contributed by atoms with Crippen molar-refractivity contribution < 1.29 is 9.18 Å². The van der Waals surface area contributed by atoms with Gasteiger partial charge in [0.2, 0.25) is 5.91 Å². The van der Waals surface area contributed by atoms with Crippen LogP contribution in [0.2, 0.25) is 0 Å². The Labute approximate surface area is 119 Å². The van der Waals surface area contributed by atoms with Crippen molar-refractivity contribution in [2.24, 2.45) is 0 Å². The van der Waals surface area contributed by atoms with Gasteiger partial charge in [-0.15, -0.1) is 12.4 Å². The standard InChI is InChI=1S/C14H19FN2O.ClH/c1-16-7-3-6-14(18)17-13-9-12(13)10-4-2-5-11(15)8-10;/h2,4-5,8,12-13,16H,3,6-7,9H2,1H3,(H,17,18);1H. The fraction of sp³-hybridized carbons (Fsp3) is 0.500. The Morgan fingerprint density at radius 1 is 1.47 bits per heavy atom. The summed E-state index contributed by atoms with van der Waals surface area (Å²) in [5, 5.41) is 6.00. The molecule has 2 rings (SSSR count). The lowest BCUT2D eigenvalue weighted by molar-refractivity contribution is -0.121. The number of halogens is 2. The molecule has 1 aromatic rings. The van der Waals surface area contributed by atoms with Crippen LogP contribution in [0.4, 0.5) is 4.39 Å². The molecule has 2 atom stereocenters. The number of rotatable bonds is 6. The maximum Gasteiger partial charge on any atom is 0.220 e. The zero-order valence-corrected chi connectivity index (χ0v) is 11.8. The minimum atomic E-state index is -0.210. The molecular weight excluding hydrogens is 267 g/mol. The highest BCUT2D eigenvalue weighted by Crippen LogP contribution is 2.40. The highest BCUT2D eigenvalue weighted by atomic mass is 35.5. The van der Waals surface area contributed by atoms with Crippen molar-refractivity contribution in [1.82, 2.24) is 10.6 Å². The van der Waals surface area contributed by atoms with E-state index in [4.69, 9.17) is 0 Å². The number of nitrogens with one attached hydrogen (secondary N) is 2. The molecule has 0 spiro atoms. The Morgan fingerprint density at radius 3 is 2.95 bits per heavy atom. The summed E-state index contributed by atoms with van der Waals surface area (Å²) in [6, 6.07) is 6.82. The third-order valence-corrected chi connectivity index (χ3v) is 3.24. The van der Waals surface area contributed by atoms with Crippen LogP contribution in [-0.2, 0) is 4.79 Å². The van der Waals surface area contributed by atoms with E-state index in [9.17, 15) is 9.18 Å². The second kappa shape index (κ2) is 7.46. The molecule has 0 heterocycles. The fourth-order valence-corrected chi connectivity index (χ4v) is 2.16. The fourth-order valence-electron chi connectivity index (χ4n) is 2.16. The molecule has 106 valence electrons. The molecular formula is C14H20ClFN2O. The summed E-state index contributed by atoms with van der Waals surface area (Å²) in [6.07, 6.45) is 2.31. The summed E-state index contributed by atoms with van der Waals surface area (Å²) < 4.78 is 13.1. The van der Waals surface area contributed by atoms with Crippen LogP contribution >= 0.6 is 12.4 Å². The molecule has 1 aromatic carbocycles. The van der Waals surface area contributed by atoms with E-state index in [1.165, 1.54) is 6.07 Å². The van der Waals surface area contributed by atoms with Gasteiger partial charge in [0.15, 0.2) is 0 Å². The third-order valence-electron chi connectivity index (χ3n) is 3.24. The van der Waals surface area contributed by atoms with Gasteiger partial charge in [-0.3, -0.25) is 4.79 Å². The number of benzene rings is 1. The van der Waals surface area contributed by atoms with Crippen molar-refractivity contribution in [2.75, 3.05) is 13.6 Å². The van der Waals surface area contributed by atoms with Crippen LogP contribution in [0.3, 0.4) is 0 Å². The van der Waals surface area contributed by atoms with Crippen molar-refractivity contribution in [3.63, 3.8) is 0 Å². The molecule has 0 bridgehead atoms. The first-order chi connectivity index (χ1) is 8.70. The van der Waals surface area contributed by atoms with Crippen molar-refractivity contribution in [3.8, 4) is 0 Å². The SMILES string of the molecule is CNCCCC(=O)NC1CC1c1cccc(F)c1.Cl. The van der Waals surface area contributed by atoms with Gasteiger partial charge < -0.3 is 10.6 Å². The van der Waals surface area contributed by atoms with Gasteiger partial charge in [0.05, 0.1) is 0 Å². The zero-order chi connectivity index (χ0) is 13.0. The second-order valence-corrected chi connectivity index (χ2v) is 4.78. The lowest BCUT2D eigenvalue weighted by Gasteiger charge is -2.05. The van der Waals surface area contributed by atoms with Gasteiger partial charge in [0.25, 0.3) is 0 Å². The minimum absolute atomic E-state index is 0. The van der Waals surface area contributed by atoms with Crippen LogP contribution in [0.15, 0.2) is 24.3 Å². The normalized spacial score (nSPS) is 20.5. The molecule has 0 radical (unpaired) electrons.